The second kappa shape index (κ2) is 6.48. The van der Waals surface area contributed by atoms with E-state index in [1.54, 1.807) is 24.3 Å². The third kappa shape index (κ3) is 2.75. The van der Waals surface area contributed by atoms with Crippen LogP contribution in [0.4, 0.5) is 0 Å². The molecule has 28 heavy (non-hydrogen) atoms. The first-order valence-corrected chi connectivity index (χ1v) is 11.3. The Balaban J connectivity index is 1.41. The fourth-order valence-corrected chi connectivity index (χ4v) is 6.71. The number of H-pyrrole nitrogens is 1. The van der Waals surface area contributed by atoms with Gasteiger partial charge >= 0.3 is 0 Å². The molecule has 2 saturated heterocycles. The third-order valence-corrected chi connectivity index (χ3v) is 8.39. The lowest BCUT2D eigenvalue weighted by molar-refractivity contribution is 0.0593. The van der Waals surface area contributed by atoms with E-state index in [2.05, 4.69) is 4.98 Å². The van der Waals surface area contributed by atoms with Gasteiger partial charge in [0.25, 0.3) is 5.91 Å². The van der Waals surface area contributed by atoms with Crippen LogP contribution < -0.4 is 0 Å². The highest BCUT2D eigenvalue weighted by molar-refractivity contribution is 7.92. The average Bonchev–Trinajstić information content (AvgIpc) is 3.26. The Kier molecular flexibility index (Phi) is 4.05. The van der Waals surface area contributed by atoms with Crippen LogP contribution in [-0.2, 0) is 9.84 Å². The van der Waals surface area contributed by atoms with E-state index in [0.29, 0.717) is 23.4 Å². The van der Waals surface area contributed by atoms with Crippen molar-refractivity contribution in [3.8, 4) is 0 Å². The molecule has 1 aromatic heterocycles. The Labute approximate surface area is 164 Å². The molecule has 144 valence electrons. The number of hydrogen-bond donors (Lipinski definition) is 1. The van der Waals surface area contributed by atoms with Gasteiger partial charge in [0.15, 0.2) is 9.84 Å². The van der Waals surface area contributed by atoms with Crippen molar-refractivity contribution in [1.29, 1.82) is 0 Å². The lowest BCUT2D eigenvalue weighted by Gasteiger charge is -2.38. The lowest BCUT2D eigenvalue weighted by atomic mass is 10.0. The molecule has 3 aromatic rings. The van der Waals surface area contributed by atoms with E-state index in [0.717, 1.165) is 23.7 Å². The molecule has 0 spiro atoms. The van der Waals surface area contributed by atoms with Crippen LogP contribution in [0.25, 0.3) is 10.9 Å². The summed E-state index contributed by atoms with van der Waals surface area (Å²) in [5, 5.41) is 0.596. The minimum absolute atomic E-state index is 0.0128. The monoisotopic (exact) mass is 394 g/mol. The van der Waals surface area contributed by atoms with Crippen molar-refractivity contribution >= 4 is 26.6 Å². The van der Waals surface area contributed by atoms with Crippen LogP contribution in [-0.4, -0.2) is 41.5 Å². The molecular weight excluding hydrogens is 372 g/mol. The second-order valence-corrected chi connectivity index (χ2v) is 10.0. The number of fused-ring (bicyclic) bond motifs is 3. The zero-order valence-corrected chi connectivity index (χ0v) is 16.2. The number of aromatic nitrogens is 1. The number of piperidine rings is 1. The Morgan fingerprint density at radius 2 is 1.57 bits per heavy atom. The smallest absolute Gasteiger partial charge is 0.270 e. The Hall–Kier alpha value is -2.60. The Morgan fingerprint density at radius 1 is 0.929 bits per heavy atom. The number of rotatable bonds is 3. The summed E-state index contributed by atoms with van der Waals surface area (Å²) in [6.45, 7) is 0. The van der Waals surface area contributed by atoms with Gasteiger partial charge in [-0.25, -0.2) is 8.42 Å². The fourth-order valence-electron chi connectivity index (χ4n) is 4.84. The number of carbonyl (C=O) groups excluding carboxylic acids is 1. The largest absolute Gasteiger partial charge is 0.351 e. The maximum Gasteiger partial charge on any atom is 0.270 e. The maximum atomic E-state index is 13.2. The van der Waals surface area contributed by atoms with E-state index in [4.69, 9.17) is 0 Å². The molecule has 5 rings (SSSR count). The molecule has 1 amide bonds. The minimum atomic E-state index is -3.37. The van der Waals surface area contributed by atoms with Gasteiger partial charge in [-0.3, -0.25) is 4.79 Å². The van der Waals surface area contributed by atoms with Gasteiger partial charge in [0.05, 0.1) is 10.1 Å². The summed E-state index contributed by atoms with van der Waals surface area (Å²) in [6, 6.07) is 18.4. The highest BCUT2D eigenvalue weighted by atomic mass is 32.2. The van der Waals surface area contributed by atoms with E-state index in [1.807, 2.05) is 41.3 Å². The zero-order valence-electron chi connectivity index (χ0n) is 15.4. The summed E-state index contributed by atoms with van der Waals surface area (Å²) >= 11 is 0. The second-order valence-electron chi connectivity index (χ2n) is 7.82. The summed E-state index contributed by atoms with van der Waals surface area (Å²) in [7, 11) is -3.37. The molecule has 3 heterocycles. The summed E-state index contributed by atoms with van der Waals surface area (Å²) in [5.41, 5.74) is 1.53. The van der Waals surface area contributed by atoms with Gasteiger partial charge in [-0.2, -0.15) is 0 Å². The number of carbonyl (C=O) groups is 1. The number of nitrogens with one attached hydrogen (secondary N) is 1. The fraction of sp³-hybridized carbons (Fsp3) is 0.318. The summed E-state index contributed by atoms with van der Waals surface area (Å²) in [6.07, 6.45) is 2.77. The number of hydrogen-bond acceptors (Lipinski definition) is 3. The summed E-state index contributed by atoms with van der Waals surface area (Å²) in [5.74, 6) is -0.0146. The minimum Gasteiger partial charge on any atom is -0.351 e. The molecular formula is C22H22N2O3S. The van der Waals surface area contributed by atoms with Crippen molar-refractivity contribution in [3.05, 3.63) is 66.4 Å². The molecule has 5 nitrogen and oxygen atoms in total. The van der Waals surface area contributed by atoms with Crippen LogP contribution in [0.15, 0.2) is 65.6 Å². The third-order valence-electron chi connectivity index (χ3n) is 6.20. The maximum absolute atomic E-state index is 13.2. The lowest BCUT2D eigenvalue weighted by Crippen LogP contribution is -2.49. The predicted octanol–water partition coefficient (Wildman–Crippen LogP) is 3.78. The van der Waals surface area contributed by atoms with E-state index in [1.165, 1.54) is 0 Å². The van der Waals surface area contributed by atoms with Crippen molar-refractivity contribution < 1.29 is 13.2 Å². The van der Waals surface area contributed by atoms with Gasteiger partial charge in [-0.1, -0.05) is 36.4 Å². The molecule has 2 aromatic carbocycles. The van der Waals surface area contributed by atoms with Crippen LogP contribution in [0, 0.1) is 0 Å². The van der Waals surface area contributed by atoms with Crippen LogP contribution >= 0.6 is 0 Å². The molecule has 2 aliphatic heterocycles. The number of nitrogens with zero attached hydrogens (tertiary/aromatic N) is 1. The number of para-hydroxylation sites is 1. The standard InChI is InChI=1S/C22H22N2O3S/c25-22(21-12-15-6-4-5-9-20(15)23-21)24-16-10-11-17(24)14-19(13-16)28(26,27)18-7-2-1-3-8-18/h1-9,12,16-17,19,23H,10-11,13-14H2/t16-,17+,19?. The molecule has 2 aliphatic rings. The van der Waals surface area contributed by atoms with Crippen molar-refractivity contribution in [2.45, 2.75) is 47.9 Å². The first-order valence-electron chi connectivity index (χ1n) is 9.73. The first-order chi connectivity index (χ1) is 13.5. The van der Waals surface area contributed by atoms with Crippen LogP contribution in [0.5, 0.6) is 0 Å². The van der Waals surface area contributed by atoms with Crippen molar-refractivity contribution in [1.82, 2.24) is 9.88 Å². The van der Waals surface area contributed by atoms with Crippen LogP contribution in [0.3, 0.4) is 0 Å². The van der Waals surface area contributed by atoms with Gasteiger partial charge in [0.2, 0.25) is 0 Å². The van der Waals surface area contributed by atoms with E-state index in [-0.39, 0.29) is 18.0 Å². The number of amides is 1. The van der Waals surface area contributed by atoms with Crippen LogP contribution in [0.2, 0.25) is 0 Å². The normalized spacial score (nSPS) is 24.6. The summed E-state index contributed by atoms with van der Waals surface area (Å²) < 4.78 is 26.1. The average molecular weight is 394 g/mol. The molecule has 0 radical (unpaired) electrons. The number of benzene rings is 2. The zero-order chi connectivity index (χ0) is 19.3. The number of sulfone groups is 1. The first kappa shape index (κ1) is 17.5. The van der Waals surface area contributed by atoms with Gasteiger partial charge < -0.3 is 9.88 Å². The SMILES string of the molecule is O=C(c1cc2ccccc2[nH]1)N1[C@@H]2CC[C@H]1CC(S(=O)(=O)c1ccccc1)C2. The molecule has 2 fully saturated rings. The van der Waals surface area contributed by atoms with Gasteiger partial charge in [0.1, 0.15) is 5.69 Å². The topological polar surface area (TPSA) is 70.2 Å². The highest BCUT2D eigenvalue weighted by Crippen LogP contribution is 2.40. The van der Waals surface area contributed by atoms with Gasteiger partial charge in [0, 0.05) is 23.0 Å². The van der Waals surface area contributed by atoms with Crippen molar-refractivity contribution in [2.75, 3.05) is 0 Å². The molecule has 2 bridgehead atoms. The van der Waals surface area contributed by atoms with Crippen molar-refractivity contribution in [2.24, 2.45) is 0 Å². The van der Waals surface area contributed by atoms with Crippen LogP contribution in [0.1, 0.15) is 36.2 Å². The van der Waals surface area contributed by atoms with E-state index in [9.17, 15) is 13.2 Å². The Bertz CT molecular complexity index is 1090. The quantitative estimate of drug-likeness (QED) is 0.735. The highest BCUT2D eigenvalue weighted by Gasteiger charge is 2.47. The molecule has 6 heteroatoms. The number of aromatic amines is 1. The van der Waals surface area contributed by atoms with E-state index >= 15 is 0 Å². The molecule has 0 aliphatic carbocycles. The molecule has 0 saturated carbocycles. The van der Waals surface area contributed by atoms with Gasteiger partial charge in [-0.15, -0.1) is 0 Å². The predicted molar refractivity (Wildman–Crippen MR) is 108 cm³/mol. The summed E-state index contributed by atoms with van der Waals surface area (Å²) in [4.78, 5) is 18.7. The Morgan fingerprint density at radius 3 is 2.25 bits per heavy atom. The molecule has 1 N–H and O–H groups in total. The van der Waals surface area contributed by atoms with E-state index < -0.39 is 15.1 Å². The molecule has 3 atom stereocenters. The molecule has 1 unspecified atom stereocenters. The van der Waals surface area contributed by atoms with Gasteiger partial charge in [-0.05, 0) is 49.9 Å². The van der Waals surface area contributed by atoms with Crippen molar-refractivity contribution in [3.63, 3.8) is 0 Å².